The highest BCUT2D eigenvalue weighted by atomic mass is 32.2. The number of nitrogens with one attached hydrogen (secondary N) is 1. The van der Waals surface area contributed by atoms with E-state index >= 15 is 0 Å². The first kappa shape index (κ1) is 21.8. The van der Waals surface area contributed by atoms with E-state index in [1.54, 1.807) is 0 Å². The molecule has 3 N–H and O–H groups in total. The number of rotatable bonds is 7. The van der Waals surface area contributed by atoms with Crippen molar-refractivity contribution < 1.29 is 36.3 Å². The topological polar surface area (TPSA) is 133 Å². The molecule has 0 saturated heterocycles. The molecule has 0 unspecified atom stereocenters. The van der Waals surface area contributed by atoms with Crippen LogP contribution in [0.4, 0.5) is 13.8 Å². The maximum Gasteiger partial charge on any atom is 0.341 e. The predicted octanol–water partition coefficient (Wildman–Crippen LogP) is 2.13. The van der Waals surface area contributed by atoms with Gasteiger partial charge in [-0.05, 0) is 49.1 Å². The number of hydrogen-bond donors (Lipinski definition) is 2. The number of ether oxygens (including phenoxy) is 1. The molecule has 1 aromatic carbocycles. The molecule has 30 heavy (non-hydrogen) atoms. The lowest BCUT2D eigenvalue weighted by atomic mass is 10.1. The highest BCUT2D eigenvalue weighted by Crippen LogP contribution is 2.38. The summed E-state index contributed by atoms with van der Waals surface area (Å²) in [6.07, 6.45) is 2.40. The number of alkyl halides is 2. The number of carbonyl (C=O) groups excluding carboxylic acids is 3. The first-order valence-electron chi connectivity index (χ1n) is 8.64. The molecule has 1 aliphatic rings. The number of halogens is 2. The summed E-state index contributed by atoms with van der Waals surface area (Å²) in [6, 6.07) is 3.71. The second-order valence-corrected chi connectivity index (χ2v) is 9.40. The van der Waals surface area contributed by atoms with Crippen molar-refractivity contribution in [3.05, 3.63) is 45.8 Å². The summed E-state index contributed by atoms with van der Waals surface area (Å²) in [5.74, 6) is -5.87. The normalized spacial score (nSPS) is 13.2. The smallest absolute Gasteiger partial charge is 0.341 e. The summed E-state index contributed by atoms with van der Waals surface area (Å²) < 4.78 is 52.7. The van der Waals surface area contributed by atoms with E-state index in [1.807, 2.05) is 0 Å². The molecule has 8 nitrogen and oxygen atoms in total. The molecule has 0 atom stereocenters. The number of carbonyl (C=O) groups is 3. The standard InChI is InChI=1S/C18H16F2N2O6S2/c19-18(20)30(26,27)10-6-4-9(5-7-10)17(25)28-8-13(23)22-16-14(15(21)24)11-2-1-3-12(11)29-16/h4-7,18H,1-3,8H2,(H2,21,24)(H,22,23). The first-order valence-corrected chi connectivity index (χ1v) is 11.0. The second-order valence-electron chi connectivity index (χ2n) is 6.38. The van der Waals surface area contributed by atoms with Crippen molar-refractivity contribution >= 4 is 44.0 Å². The molecule has 3 rings (SSSR count). The van der Waals surface area contributed by atoms with Crippen LogP contribution in [0.3, 0.4) is 0 Å². The molecule has 0 radical (unpaired) electrons. The largest absolute Gasteiger partial charge is 0.452 e. The Morgan fingerprint density at radius 2 is 1.83 bits per heavy atom. The van der Waals surface area contributed by atoms with E-state index in [0.29, 0.717) is 11.4 Å². The van der Waals surface area contributed by atoms with E-state index in [2.05, 4.69) is 5.32 Å². The van der Waals surface area contributed by atoms with Gasteiger partial charge >= 0.3 is 11.7 Å². The van der Waals surface area contributed by atoms with Crippen molar-refractivity contribution in [1.82, 2.24) is 0 Å². The molecule has 0 bridgehead atoms. The van der Waals surface area contributed by atoms with Gasteiger partial charge in [0.2, 0.25) is 9.84 Å². The van der Waals surface area contributed by atoms with Gasteiger partial charge in [-0.15, -0.1) is 11.3 Å². The fourth-order valence-corrected chi connectivity index (χ4v) is 5.05. The molecule has 0 fully saturated rings. The van der Waals surface area contributed by atoms with Crippen LogP contribution in [0.5, 0.6) is 0 Å². The van der Waals surface area contributed by atoms with Gasteiger partial charge in [-0.1, -0.05) is 0 Å². The van der Waals surface area contributed by atoms with Gasteiger partial charge < -0.3 is 15.8 Å². The Hall–Kier alpha value is -2.86. The summed E-state index contributed by atoms with van der Waals surface area (Å²) in [6.45, 7) is -0.670. The fraction of sp³-hybridized carbons (Fsp3) is 0.278. The number of thiophene rings is 1. The number of amides is 2. The van der Waals surface area contributed by atoms with E-state index < -0.39 is 44.9 Å². The minimum absolute atomic E-state index is 0.121. The summed E-state index contributed by atoms with van der Waals surface area (Å²) in [5, 5.41) is 2.81. The van der Waals surface area contributed by atoms with Crippen LogP contribution in [0.2, 0.25) is 0 Å². The third kappa shape index (κ3) is 4.33. The molecular formula is C18H16F2N2O6S2. The summed E-state index contributed by atoms with van der Waals surface area (Å²) in [7, 11) is -4.78. The van der Waals surface area contributed by atoms with Gasteiger partial charge in [0.15, 0.2) is 6.61 Å². The van der Waals surface area contributed by atoms with Crippen molar-refractivity contribution in [3.63, 3.8) is 0 Å². The van der Waals surface area contributed by atoms with E-state index in [-0.39, 0.29) is 11.1 Å². The third-order valence-electron chi connectivity index (χ3n) is 4.41. The maximum absolute atomic E-state index is 12.5. The molecule has 1 aromatic heterocycles. The van der Waals surface area contributed by atoms with E-state index in [9.17, 15) is 31.6 Å². The van der Waals surface area contributed by atoms with Gasteiger partial charge in [-0.3, -0.25) is 9.59 Å². The zero-order valence-corrected chi connectivity index (χ0v) is 16.9. The number of sulfone groups is 1. The van der Waals surface area contributed by atoms with Crippen molar-refractivity contribution in [3.8, 4) is 0 Å². The van der Waals surface area contributed by atoms with Crippen molar-refractivity contribution in [1.29, 1.82) is 0 Å². The van der Waals surface area contributed by atoms with Gasteiger partial charge in [0, 0.05) is 4.88 Å². The van der Waals surface area contributed by atoms with Gasteiger partial charge in [0.1, 0.15) is 5.00 Å². The number of primary amides is 1. The van der Waals surface area contributed by atoms with Crippen molar-refractivity contribution in [2.45, 2.75) is 29.9 Å². The van der Waals surface area contributed by atoms with E-state index in [4.69, 9.17) is 10.5 Å². The number of benzene rings is 1. The van der Waals surface area contributed by atoms with Crippen LogP contribution in [-0.4, -0.2) is 38.6 Å². The average Bonchev–Trinajstić information content (AvgIpc) is 3.26. The number of fused-ring (bicyclic) bond motifs is 1. The average molecular weight is 458 g/mol. The van der Waals surface area contributed by atoms with Gasteiger partial charge in [0.25, 0.3) is 11.8 Å². The van der Waals surface area contributed by atoms with Crippen LogP contribution in [0.15, 0.2) is 29.2 Å². The quantitative estimate of drug-likeness (QED) is 0.611. The lowest BCUT2D eigenvalue weighted by Gasteiger charge is -2.08. The fourth-order valence-electron chi connectivity index (χ4n) is 3.01. The Morgan fingerprint density at radius 3 is 2.43 bits per heavy atom. The van der Waals surface area contributed by atoms with Gasteiger partial charge in [0.05, 0.1) is 16.0 Å². The molecular weight excluding hydrogens is 442 g/mol. The van der Waals surface area contributed by atoms with Crippen LogP contribution < -0.4 is 11.1 Å². The number of hydrogen-bond acceptors (Lipinski definition) is 7. The summed E-state index contributed by atoms with van der Waals surface area (Å²) >= 11 is 1.25. The van der Waals surface area contributed by atoms with Crippen LogP contribution >= 0.6 is 11.3 Å². The maximum atomic E-state index is 12.5. The lowest BCUT2D eigenvalue weighted by Crippen LogP contribution is -2.22. The van der Waals surface area contributed by atoms with Crippen LogP contribution in [0.1, 0.15) is 37.6 Å². The monoisotopic (exact) mass is 458 g/mol. The molecule has 2 aromatic rings. The molecule has 2 amide bonds. The molecule has 0 aliphatic heterocycles. The Morgan fingerprint density at radius 1 is 1.17 bits per heavy atom. The van der Waals surface area contributed by atoms with Gasteiger partial charge in [-0.2, -0.15) is 8.78 Å². The Balaban J connectivity index is 1.62. The molecule has 160 valence electrons. The lowest BCUT2D eigenvalue weighted by molar-refractivity contribution is -0.119. The SMILES string of the molecule is NC(=O)c1c(NC(=O)COC(=O)c2ccc(S(=O)(=O)C(F)F)cc2)sc2c1CCC2. The summed E-state index contributed by atoms with van der Waals surface area (Å²) in [5.41, 5.74) is 6.39. The van der Waals surface area contributed by atoms with Crippen molar-refractivity contribution in [2.24, 2.45) is 5.73 Å². The van der Waals surface area contributed by atoms with Crippen molar-refractivity contribution in [2.75, 3.05) is 11.9 Å². The zero-order valence-electron chi connectivity index (χ0n) is 15.3. The van der Waals surface area contributed by atoms with Gasteiger partial charge in [-0.25, -0.2) is 13.2 Å². The first-order chi connectivity index (χ1) is 14.1. The minimum Gasteiger partial charge on any atom is -0.452 e. The highest BCUT2D eigenvalue weighted by Gasteiger charge is 2.27. The number of nitrogens with two attached hydrogens (primary N) is 1. The highest BCUT2D eigenvalue weighted by molar-refractivity contribution is 7.91. The minimum atomic E-state index is -4.78. The Bertz CT molecular complexity index is 1110. The van der Waals surface area contributed by atoms with Crippen LogP contribution in [0.25, 0.3) is 0 Å². The predicted molar refractivity (Wildman–Crippen MR) is 103 cm³/mol. The van der Waals surface area contributed by atoms with Crippen LogP contribution in [0, 0.1) is 0 Å². The number of aryl methyl sites for hydroxylation is 1. The third-order valence-corrected chi connectivity index (χ3v) is 7.01. The summed E-state index contributed by atoms with van der Waals surface area (Å²) in [4.78, 5) is 36.2. The molecule has 12 heteroatoms. The Kier molecular flexibility index (Phi) is 6.17. The Labute approximate surface area is 173 Å². The molecule has 1 heterocycles. The zero-order chi connectivity index (χ0) is 22.1. The molecule has 0 saturated carbocycles. The van der Waals surface area contributed by atoms with Crippen LogP contribution in [-0.2, 0) is 32.2 Å². The second kappa shape index (κ2) is 8.48. The number of esters is 1. The molecule has 0 spiro atoms. The van der Waals surface area contributed by atoms with E-state index in [0.717, 1.165) is 47.5 Å². The number of anilines is 1. The molecule has 1 aliphatic carbocycles. The van der Waals surface area contributed by atoms with E-state index in [1.165, 1.54) is 11.3 Å².